The van der Waals surface area contributed by atoms with Crippen LogP contribution in [0.25, 0.3) is 11.2 Å². The second-order valence-electron chi connectivity index (χ2n) is 6.04. The van der Waals surface area contributed by atoms with Gasteiger partial charge in [-0.2, -0.15) is 9.97 Å². The maximum Gasteiger partial charge on any atom is 0.278 e. The number of hydrogen-bond donors (Lipinski definition) is 3. The monoisotopic (exact) mass is 537 g/mol. The van der Waals surface area contributed by atoms with Crippen LogP contribution < -0.4 is 25.3 Å². The highest BCUT2D eigenvalue weighted by Crippen LogP contribution is 2.60. The predicted octanol–water partition coefficient (Wildman–Crippen LogP) is -3.50. The normalized spacial score (nSPS) is 28.0. The molecule has 3 rings (SSSR count). The van der Waals surface area contributed by atoms with Crippen LogP contribution in [0.1, 0.15) is 6.23 Å². The van der Waals surface area contributed by atoms with Crippen molar-refractivity contribution in [3.05, 3.63) is 11.5 Å². The van der Waals surface area contributed by atoms with Crippen LogP contribution >= 0.6 is 35.1 Å². The lowest BCUT2D eigenvalue weighted by Crippen LogP contribution is -2.34. The summed E-state index contributed by atoms with van der Waals surface area (Å²) in [6, 6.07) is 0. The fraction of sp³-hybridized carbons (Fsp3) is 0.500. The summed E-state index contributed by atoms with van der Waals surface area (Å²) in [5.74, 6) is -0.244. The molecular weight excluding hydrogens is 527 g/mol. The highest BCUT2D eigenvalue weighted by molar-refractivity contribution is 7.64. The predicted molar refractivity (Wildman–Crippen MR) is 91.6 cm³/mol. The molecule has 3 heterocycles. The first-order valence-electron chi connectivity index (χ1n) is 7.97. The summed E-state index contributed by atoms with van der Waals surface area (Å²) in [6.45, 7) is -1.10. The Hall–Kier alpha value is -1.07. The van der Waals surface area contributed by atoms with Gasteiger partial charge in [-0.3, -0.25) is 18.0 Å². The molecule has 180 valence electrons. The SMILES string of the molecule is Nc1nc(Cl)c2ncn(C3OC(COP(=O)([O-])OP(=O)([O-])OP(=O)([O-])[O-])C(O)C3O)c2n1. The molecule has 0 bridgehead atoms. The van der Waals surface area contributed by atoms with E-state index < -0.39 is 54.6 Å². The summed E-state index contributed by atoms with van der Waals surface area (Å²) in [5, 5.41) is 20.3. The van der Waals surface area contributed by atoms with Crippen molar-refractivity contribution in [3.63, 3.8) is 0 Å². The first kappa shape index (κ1) is 25.6. The number of phosphoric acid groups is 3. The molecule has 1 saturated heterocycles. The lowest BCUT2D eigenvalue weighted by atomic mass is 10.1. The van der Waals surface area contributed by atoms with Crippen molar-refractivity contribution >= 4 is 52.2 Å². The van der Waals surface area contributed by atoms with Crippen LogP contribution in [0.2, 0.25) is 5.15 Å². The van der Waals surface area contributed by atoms with E-state index in [-0.39, 0.29) is 22.3 Å². The van der Waals surface area contributed by atoms with Gasteiger partial charge in [-0.25, -0.2) is 9.29 Å². The molecule has 0 radical (unpaired) electrons. The van der Waals surface area contributed by atoms with E-state index in [0.717, 1.165) is 10.9 Å². The molecule has 2 aromatic heterocycles. The molecule has 0 aliphatic carbocycles. The van der Waals surface area contributed by atoms with Crippen LogP contribution in [0.3, 0.4) is 0 Å². The topological polar surface area (TPSA) is 290 Å². The number of aliphatic hydroxyl groups excluding tert-OH is 2. The van der Waals surface area contributed by atoms with E-state index in [1.54, 1.807) is 0 Å². The molecule has 32 heavy (non-hydrogen) atoms. The van der Waals surface area contributed by atoms with Gasteiger partial charge in [0, 0.05) is 0 Å². The molecule has 0 saturated carbocycles. The fourth-order valence-electron chi connectivity index (χ4n) is 2.63. The summed E-state index contributed by atoms with van der Waals surface area (Å²) in [6.07, 6.45) is -5.33. The average Bonchev–Trinajstić information content (AvgIpc) is 3.12. The molecule has 22 heteroatoms. The van der Waals surface area contributed by atoms with Gasteiger partial charge in [0.1, 0.15) is 23.8 Å². The van der Waals surface area contributed by atoms with Gasteiger partial charge in [0.2, 0.25) is 5.95 Å². The zero-order valence-electron chi connectivity index (χ0n) is 15.1. The van der Waals surface area contributed by atoms with Crippen LogP contribution in [0, 0.1) is 0 Å². The molecule has 6 atom stereocenters. The molecule has 4 N–H and O–H groups in total. The minimum atomic E-state index is -6.16. The lowest BCUT2D eigenvalue weighted by Gasteiger charge is -2.37. The van der Waals surface area contributed by atoms with Crippen molar-refractivity contribution in [3.8, 4) is 0 Å². The van der Waals surface area contributed by atoms with Gasteiger partial charge in [0.25, 0.3) is 15.6 Å². The molecule has 0 aromatic carbocycles. The number of rotatable bonds is 8. The Kier molecular flexibility index (Phi) is 7.14. The Balaban J connectivity index is 1.72. The summed E-state index contributed by atoms with van der Waals surface area (Å²) < 4.78 is 50.2. The van der Waals surface area contributed by atoms with Crippen LogP contribution in [0.5, 0.6) is 0 Å². The lowest BCUT2D eigenvalue weighted by molar-refractivity contribution is -0.339. The number of imidazole rings is 1. The number of fused-ring (bicyclic) bond motifs is 1. The second-order valence-corrected chi connectivity index (χ2v) is 10.6. The smallest absolute Gasteiger partial charge is 0.278 e. The van der Waals surface area contributed by atoms with Gasteiger partial charge < -0.3 is 49.3 Å². The second kappa shape index (κ2) is 8.94. The van der Waals surface area contributed by atoms with Gasteiger partial charge >= 0.3 is 0 Å². The number of nitrogens with zero attached hydrogens (tertiary/aromatic N) is 4. The highest BCUT2D eigenvalue weighted by atomic mass is 35.5. The molecule has 1 fully saturated rings. The Bertz CT molecular complexity index is 1160. The van der Waals surface area contributed by atoms with Gasteiger partial charge in [-0.05, 0) is 0 Å². The third-order valence-corrected chi connectivity index (χ3v) is 7.73. The van der Waals surface area contributed by atoms with Crippen molar-refractivity contribution in [2.24, 2.45) is 0 Å². The van der Waals surface area contributed by atoms with Crippen molar-refractivity contribution in [2.75, 3.05) is 12.3 Å². The number of phosphoric ester groups is 1. The maximum absolute atomic E-state index is 11.6. The van der Waals surface area contributed by atoms with Gasteiger partial charge in [0.05, 0.1) is 20.8 Å². The number of halogens is 1. The molecule has 2 aromatic rings. The van der Waals surface area contributed by atoms with Gasteiger partial charge in [0.15, 0.2) is 17.0 Å². The number of nitrogen functional groups attached to an aromatic ring is 1. The van der Waals surface area contributed by atoms with Crippen LogP contribution in [-0.4, -0.2) is 54.7 Å². The van der Waals surface area contributed by atoms with E-state index in [9.17, 15) is 43.5 Å². The molecule has 1 aliphatic rings. The largest absolute Gasteiger partial charge is 0.790 e. The Labute approximate surface area is 182 Å². The number of aliphatic hydroxyl groups is 2. The van der Waals surface area contributed by atoms with Crippen LogP contribution in [0.4, 0.5) is 5.95 Å². The number of anilines is 1. The first-order chi connectivity index (χ1) is 14.6. The van der Waals surface area contributed by atoms with E-state index in [1.807, 2.05) is 0 Å². The van der Waals surface area contributed by atoms with Gasteiger partial charge in [-0.1, -0.05) is 11.6 Å². The molecule has 0 spiro atoms. The van der Waals surface area contributed by atoms with Gasteiger partial charge in [-0.15, -0.1) is 0 Å². The number of nitrogens with two attached hydrogens (primary N) is 1. The van der Waals surface area contributed by atoms with E-state index in [4.69, 9.17) is 22.1 Å². The van der Waals surface area contributed by atoms with Crippen molar-refractivity contribution in [1.29, 1.82) is 0 Å². The Morgan fingerprint density at radius 1 is 1.12 bits per heavy atom. The quantitative estimate of drug-likeness (QED) is 0.217. The maximum atomic E-state index is 11.6. The number of hydrogen-bond acceptors (Lipinski definition) is 17. The highest BCUT2D eigenvalue weighted by Gasteiger charge is 2.45. The average molecular weight is 538 g/mol. The summed E-state index contributed by atoms with van der Waals surface area (Å²) in [5.41, 5.74) is 5.58. The minimum absolute atomic E-state index is 0.00208. The van der Waals surface area contributed by atoms with E-state index in [0.29, 0.717) is 0 Å². The van der Waals surface area contributed by atoms with E-state index >= 15 is 0 Å². The molecule has 0 amide bonds. The zero-order chi connectivity index (χ0) is 24.1. The summed E-state index contributed by atoms with van der Waals surface area (Å²) >= 11 is 5.89. The zero-order valence-corrected chi connectivity index (χ0v) is 18.5. The van der Waals surface area contributed by atoms with Crippen LogP contribution in [-0.2, 0) is 31.6 Å². The standard InChI is InChI=1S/C10H15ClN5O13P3/c11-7-4-8(15-10(12)14-7)16(2-13-4)9-6(18)5(17)3(27-9)1-26-31(22,23)29-32(24,25)28-30(19,20)21/h2-3,5-6,9,17-18H,1H2,(H,22,23)(H,24,25)(H2,12,14,15)(H2,19,20,21)/p-4. The molecule has 1 aliphatic heterocycles. The van der Waals surface area contributed by atoms with Crippen molar-refractivity contribution in [2.45, 2.75) is 24.5 Å². The van der Waals surface area contributed by atoms with Crippen molar-refractivity contribution in [1.82, 2.24) is 19.5 Å². The first-order valence-corrected chi connectivity index (χ1v) is 12.7. The molecule has 18 nitrogen and oxygen atoms in total. The number of ether oxygens (including phenoxy) is 1. The Morgan fingerprint density at radius 3 is 2.41 bits per heavy atom. The molecular formula is C10H11ClN5O13P3-4. The summed E-state index contributed by atoms with van der Waals surface area (Å²) in [7, 11) is -18.1. The van der Waals surface area contributed by atoms with Crippen LogP contribution in [0.15, 0.2) is 6.33 Å². The van der Waals surface area contributed by atoms with E-state index in [1.165, 1.54) is 0 Å². The summed E-state index contributed by atoms with van der Waals surface area (Å²) in [4.78, 5) is 54.9. The molecule has 6 unspecified atom stereocenters. The third kappa shape index (κ3) is 5.88. The fourth-order valence-corrected chi connectivity index (χ4v) is 5.71. The van der Waals surface area contributed by atoms with Crippen molar-refractivity contribution < 1.29 is 61.4 Å². The minimum Gasteiger partial charge on any atom is -0.790 e. The number of aromatic nitrogens is 4. The third-order valence-electron chi connectivity index (χ3n) is 3.80. The Morgan fingerprint density at radius 2 is 1.78 bits per heavy atom. The van der Waals surface area contributed by atoms with E-state index in [2.05, 4.69) is 28.1 Å².